The molecule has 0 saturated carbocycles. The van der Waals surface area contributed by atoms with Gasteiger partial charge in [-0.2, -0.15) is 9.97 Å². The fourth-order valence-electron chi connectivity index (χ4n) is 7.98. The molecule has 3 aromatic heterocycles. The van der Waals surface area contributed by atoms with E-state index in [4.69, 9.17) is 15.0 Å². The van der Waals surface area contributed by atoms with Crippen molar-refractivity contribution >= 4 is 64.1 Å². The molecule has 0 saturated heterocycles. The summed E-state index contributed by atoms with van der Waals surface area (Å²) in [4.78, 5) is 15.6. The van der Waals surface area contributed by atoms with E-state index in [1.807, 2.05) is 47.7 Å². The molecule has 0 atom stereocenters. The van der Waals surface area contributed by atoms with Crippen LogP contribution in [0.4, 0.5) is 0 Å². The van der Waals surface area contributed by atoms with Crippen molar-refractivity contribution in [3.63, 3.8) is 0 Å². The lowest BCUT2D eigenvalue weighted by Crippen LogP contribution is -2.06. The number of thiophene rings is 1. The SMILES string of the molecule is c1ccc(-c2ccc3c4c5ccccc5c(-c5cccc6c5sc5ccccc56)cc4n(-c4nc(-c5ccccc5)nc(-c5ccccc5)n4)c3c2)cc1. The van der Waals surface area contributed by atoms with Crippen molar-refractivity contribution in [1.29, 1.82) is 0 Å². The van der Waals surface area contributed by atoms with E-state index in [9.17, 15) is 0 Å². The van der Waals surface area contributed by atoms with Crippen LogP contribution in [0.2, 0.25) is 0 Å². The monoisotopic (exact) mass is 706 g/mol. The maximum Gasteiger partial charge on any atom is 0.238 e. The Morgan fingerprint density at radius 1 is 0.370 bits per heavy atom. The highest BCUT2D eigenvalue weighted by Gasteiger charge is 2.23. The van der Waals surface area contributed by atoms with Gasteiger partial charge in [0.1, 0.15) is 0 Å². The summed E-state index contributed by atoms with van der Waals surface area (Å²) < 4.78 is 4.84. The molecular formula is C49H30N4S. The normalized spacial score (nSPS) is 11.7. The van der Waals surface area contributed by atoms with Gasteiger partial charge >= 0.3 is 0 Å². The van der Waals surface area contributed by atoms with Gasteiger partial charge in [-0.1, -0.05) is 164 Å². The van der Waals surface area contributed by atoms with Gasteiger partial charge in [0.15, 0.2) is 11.6 Å². The number of aromatic nitrogens is 4. The van der Waals surface area contributed by atoms with Gasteiger partial charge in [0.05, 0.1) is 11.0 Å². The first-order valence-corrected chi connectivity index (χ1v) is 18.9. The highest BCUT2D eigenvalue weighted by molar-refractivity contribution is 7.26. The Morgan fingerprint density at radius 2 is 0.963 bits per heavy atom. The molecule has 11 rings (SSSR count). The molecule has 0 spiro atoms. The second kappa shape index (κ2) is 12.3. The Hall–Kier alpha value is -6.95. The second-order valence-electron chi connectivity index (χ2n) is 13.6. The Kier molecular flexibility index (Phi) is 7.00. The molecule has 3 heterocycles. The van der Waals surface area contributed by atoms with E-state index < -0.39 is 0 Å². The Labute approximate surface area is 315 Å². The zero-order chi connectivity index (χ0) is 35.6. The van der Waals surface area contributed by atoms with Gasteiger partial charge in [0.2, 0.25) is 5.95 Å². The first kappa shape index (κ1) is 30.7. The van der Waals surface area contributed by atoms with Gasteiger partial charge in [0.25, 0.3) is 0 Å². The van der Waals surface area contributed by atoms with Gasteiger partial charge in [-0.25, -0.2) is 4.98 Å². The smallest absolute Gasteiger partial charge is 0.238 e. The number of hydrogen-bond donors (Lipinski definition) is 0. The Bertz CT molecular complexity index is 3140. The Morgan fingerprint density at radius 3 is 1.67 bits per heavy atom. The van der Waals surface area contributed by atoms with Crippen LogP contribution in [0.3, 0.4) is 0 Å². The van der Waals surface area contributed by atoms with Crippen molar-refractivity contribution in [2.45, 2.75) is 0 Å². The predicted octanol–water partition coefficient (Wildman–Crippen LogP) is 13.2. The molecule has 252 valence electrons. The quantitative estimate of drug-likeness (QED) is 0.179. The molecular weight excluding hydrogens is 677 g/mol. The summed E-state index contributed by atoms with van der Waals surface area (Å²) in [5.74, 6) is 1.84. The third-order valence-corrected chi connectivity index (χ3v) is 11.7. The molecule has 4 nitrogen and oxygen atoms in total. The lowest BCUT2D eigenvalue weighted by Gasteiger charge is -2.13. The zero-order valence-corrected chi connectivity index (χ0v) is 29.8. The summed E-state index contributed by atoms with van der Waals surface area (Å²) in [5, 5.41) is 7.31. The molecule has 0 bridgehead atoms. The summed E-state index contributed by atoms with van der Waals surface area (Å²) in [7, 11) is 0. The van der Waals surface area contributed by atoms with Crippen LogP contribution >= 0.6 is 11.3 Å². The highest BCUT2D eigenvalue weighted by Crippen LogP contribution is 2.46. The van der Waals surface area contributed by atoms with Crippen LogP contribution in [0.5, 0.6) is 0 Å². The molecule has 54 heavy (non-hydrogen) atoms. The number of nitrogens with zero attached hydrogens (tertiary/aromatic N) is 4. The van der Waals surface area contributed by atoms with E-state index in [2.05, 4.69) is 150 Å². The molecule has 8 aromatic carbocycles. The zero-order valence-electron chi connectivity index (χ0n) is 29.0. The van der Waals surface area contributed by atoms with Crippen molar-refractivity contribution < 1.29 is 0 Å². The minimum atomic E-state index is 0.578. The number of benzene rings is 8. The Balaban J connectivity index is 1.29. The van der Waals surface area contributed by atoms with Crippen LogP contribution in [0.25, 0.3) is 104 Å². The molecule has 0 radical (unpaired) electrons. The van der Waals surface area contributed by atoms with Crippen LogP contribution < -0.4 is 0 Å². The van der Waals surface area contributed by atoms with E-state index >= 15 is 0 Å². The van der Waals surface area contributed by atoms with Crippen LogP contribution in [0.15, 0.2) is 182 Å². The van der Waals surface area contributed by atoms with Crippen LogP contribution in [0.1, 0.15) is 0 Å². The largest absolute Gasteiger partial charge is 0.278 e. The summed E-state index contributed by atoms with van der Waals surface area (Å²) in [6, 6.07) is 64.4. The summed E-state index contributed by atoms with van der Waals surface area (Å²) in [5.41, 5.74) is 8.65. The van der Waals surface area contributed by atoms with Crippen molar-refractivity contribution in [3.05, 3.63) is 182 Å². The maximum absolute atomic E-state index is 5.28. The highest BCUT2D eigenvalue weighted by atomic mass is 32.1. The molecule has 0 aliphatic carbocycles. The van der Waals surface area contributed by atoms with E-state index in [-0.39, 0.29) is 0 Å². The van der Waals surface area contributed by atoms with Gasteiger partial charge < -0.3 is 0 Å². The van der Waals surface area contributed by atoms with Gasteiger partial charge in [-0.05, 0) is 45.7 Å². The second-order valence-corrected chi connectivity index (χ2v) is 14.6. The maximum atomic E-state index is 5.28. The van der Waals surface area contributed by atoms with Gasteiger partial charge in [-0.15, -0.1) is 11.3 Å². The first-order chi connectivity index (χ1) is 26.8. The van der Waals surface area contributed by atoms with Crippen molar-refractivity contribution in [3.8, 4) is 51.0 Å². The predicted molar refractivity (Wildman–Crippen MR) is 226 cm³/mol. The lowest BCUT2D eigenvalue weighted by molar-refractivity contribution is 0.954. The van der Waals surface area contributed by atoms with E-state index in [0.29, 0.717) is 17.6 Å². The molecule has 0 amide bonds. The number of rotatable bonds is 5. The van der Waals surface area contributed by atoms with Crippen molar-refractivity contribution in [2.24, 2.45) is 0 Å². The third-order valence-electron chi connectivity index (χ3n) is 10.5. The third kappa shape index (κ3) is 4.86. The molecule has 0 unspecified atom stereocenters. The molecule has 5 heteroatoms. The standard InChI is InChI=1S/C49H30N4S/c1-4-15-31(16-5-1)34-27-28-40-42(29-34)53(49-51-47(32-17-6-2-7-18-32)50-48(52-49)33-19-8-3-9-20-33)43-30-41(35-21-10-11-23-37(35)45(40)43)39-25-14-24-38-36-22-12-13-26-44(36)54-46(38)39/h1-30H. The van der Waals surface area contributed by atoms with Crippen molar-refractivity contribution in [2.75, 3.05) is 0 Å². The van der Waals surface area contributed by atoms with Crippen molar-refractivity contribution in [1.82, 2.24) is 19.5 Å². The summed E-state index contributed by atoms with van der Waals surface area (Å²) in [6.07, 6.45) is 0. The number of fused-ring (bicyclic) bond motifs is 8. The fraction of sp³-hybridized carbons (Fsp3) is 0. The van der Waals surface area contributed by atoms with Crippen LogP contribution in [-0.2, 0) is 0 Å². The van der Waals surface area contributed by atoms with E-state index in [0.717, 1.165) is 38.7 Å². The van der Waals surface area contributed by atoms with E-state index in [1.165, 1.54) is 47.5 Å². The summed E-state index contributed by atoms with van der Waals surface area (Å²) >= 11 is 1.86. The van der Waals surface area contributed by atoms with E-state index in [1.54, 1.807) is 0 Å². The molecule has 11 aromatic rings. The topological polar surface area (TPSA) is 43.6 Å². The van der Waals surface area contributed by atoms with Crippen LogP contribution in [0, 0.1) is 0 Å². The number of hydrogen-bond acceptors (Lipinski definition) is 4. The van der Waals surface area contributed by atoms with Gasteiger partial charge in [0, 0.05) is 47.6 Å². The molecule has 0 aliphatic rings. The first-order valence-electron chi connectivity index (χ1n) is 18.1. The average Bonchev–Trinajstić information content (AvgIpc) is 3.80. The van der Waals surface area contributed by atoms with Gasteiger partial charge in [-0.3, -0.25) is 4.57 Å². The fourth-order valence-corrected chi connectivity index (χ4v) is 9.21. The molecule has 0 aliphatic heterocycles. The minimum Gasteiger partial charge on any atom is -0.278 e. The average molecular weight is 707 g/mol. The molecule has 0 N–H and O–H groups in total. The van der Waals surface area contributed by atoms with Crippen LogP contribution in [-0.4, -0.2) is 19.5 Å². The lowest BCUT2D eigenvalue weighted by atomic mass is 9.93. The summed E-state index contributed by atoms with van der Waals surface area (Å²) in [6.45, 7) is 0. The minimum absolute atomic E-state index is 0.578. The molecule has 0 fully saturated rings.